The Morgan fingerprint density at radius 1 is 0.536 bits per heavy atom. The van der Waals surface area contributed by atoms with E-state index in [1.165, 1.54) is 48.8 Å². The zero-order chi connectivity index (χ0) is 37.8. The third kappa shape index (κ3) is 6.16. The number of furan rings is 1. The first-order chi connectivity index (χ1) is 27.4. The highest BCUT2D eigenvalue weighted by Crippen LogP contribution is 2.54. The van der Waals surface area contributed by atoms with Crippen LogP contribution >= 0.6 is 0 Å². The number of rotatable bonds is 6. The van der Waals surface area contributed by atoms with Crippen LogP contribution in [0.15, 0.2) is 144 Å². The zero-order valence-corrected chi connectivity index (χ0v) is 31.7. The van der Waals surface area contributed by atoms with Crippen LogP contribution in [0.25, 0.3) is 78.4 Å². The Hall–Kier alpha value is -6.38. The van der Waals surface area contributed by atoms with E-state index in [0.29, 0.717) is 28.5 Å². The third-order valence-electron chi connectivity index (χ3n) is 12.4. The van der Waals surface area contributed by atoms with Crippen molar-refractivity contribution >= 4 is 21.9 Å². The second-order valence-corrected chi connectivity index (χ2v) is 16.4. The molecule has 0 amide bonds. The molecule has 2 aromatic heterocycles. The van der Waals surface area contributed by atoms with Crippen molar-refractivity contribution in [2.45, 2.75) is 51.4 Å². The van der Waals surface area contributed by atoms with Gasteiger partial charge < -0.3 is 4.42 Å². The summed E-state index contributed by atoms with van der Waals surface area (Å²) in [5.74, 6) is 4.20. The molecule has 5 nitrogen and oxygen atoms in total. The Balaban J connectivity index is 0.979. The second-order valence-electron chi connectivity index (χ2n) is 16.4. The van der Waals surface area contributed by atoms with E-state index in [1.807, 2.05) is 42.5 Å². The van der Waals surface area contributed by atoms with Gasteiger partial charge in [-0.05, 0) is 119 Å². The maximum Gasteiger partial charge on any atom is 0.164 e. The number of fused-ring (bicyclic) bond motifs is 5. The molecule has 0 N–H and O–H groups in total. The van der Waals surface area contributed by atoms with Crippen LogP contribution in [0.5, 0.6) is 0 Å². The van der Waals surface area contributed by atoms with Crippen LogP contribution in [0, 0.1) is 29.1 Å². The predicted octanol–water partition coefficient (Wildman–Crippen LogP) is 13.1. The van der Waals surface area contributed by atoms with Gasteiger partial charge in [-0.15, -0.1) is 0 Å². The molecule has 0 spiro atoms. The topological polar surface area (TPSA) is 75.6 Å². The summed E-state index contributed by atoms with van der Waals surface area (Å²) in [6.45, 7) is 4.91. The number of nitriles is 1. The summed E-state index contributed by atoms with van der Waals surface area (Å²) in [5.41, 5.74) is 11.4. The molecule has 2 saturated carbocycles. The molecule has 0 radical (unpaired) electrons. The van der Waals surface area contributed by atoms with Crippen LogP contribution in [0.4, 0.5) is 0 Å². The third-order valence-corrected chi connectivity index (χ3v) is 12.4. The lowest BCUT2D eigenvalue weighted by atomic mass is 9.54. The molecule has 0 saturated heterocycles. The minimum absolute atomic E-state index is 0.328. The maximum atomic E-state index is 9.42. The fraction of sp³-hybridized carbons (Fsp3) is 0.216. The monoisotopic (exact) mass is 726 g/mol. The summed E-state index contributed by atoms with van der Waals surface area (Å²) in [6, 6.07) is 50.4. The van der Waals surface area contributed by atoms with Gasteiger partial charge in [0.1, 0.15) is 11.2 Å². The van der Waals surface area contributed by atoms with Crippen molar-refractivity contribution in [3.05, 3.63) is 151 Å². The molecule has 2 bridgehead atoms. The number of hydrogen-bond donors (Lipinski definition) is 0. The van der Waals surface area contributed by atoms with Gasteiger partial charge in [0.25, 0.3) is 0 Å². The Morgan fingerprint density at radius 2 is 1.04 bits per heavy atom. The maximum absolute atomic E-state index is 9.42. The number of hydrogen-bond acceptors (Lipinski definition) is 5. The average molecular weight is 727 g/mol. The molecule has 56 heavy (non-hydrogen) atoms. The smallest absolute Gasteiger partial charge is 0.164 e. The first-order valence-electron chi connectivity index (χ1n) is 19.9. The first-order valence-corrected chi connectivity index (χ1v) is 19.9. The largest absolute Gasteiger partial charge is 0.456 e. The van der Waals surface area contributed by atoms with E-state index in [1.54, 1.807) is 12.1 Å². The minimum Gasteiger partial charge on any atom is -0.456 e. The lowest BCUT2D eigenvalue weighted by Crippen LogP contribution is -2.42. The van der Waals surface area contributed by atoms with Gasteiger partial charge in [0, 0.05) is 27.5 Å². The Bertz CT molecular complexity index is 2740. The van der Waals surface area contributed by atoms with E-state index in [4.69, 9.17) is 19.4 Å². The van der Waals surface area contributed by atoms with Crippen molar-refractivity contribution in [1.29, 1.82) is 5.26 Å². The quantitative estimate of drug-likeness (QED) is 0.170. The van der Waals surface area contributed by atoms with Gasteiger partial charge in [0.05, 0.1) is 11.6 Å². The average Bonchev–Trinajstić information content (AvgIpc) is 3.62. The molecule has 5 heteroatoms. The van der Waals surface area contributed by atoms with Gasteiger partial charge >= 0.3 is 0 Å². The fourth-order valence-corrected chi connectivity index (χ4v) is 10.2. The van der Waals surface area contributed by atoms with Gasteiger partial charge in [-0.25, -0.2) is 15.0 Å². The van der Waals surface area contributed by atoms with Gasteiger partial charge in [0.2, 0.25) is 0 Å². The van der Waals surface area contributed by atoms with E-state index >= 15 is 0 Å². The van der Waals surface area contributed by atoms with Crippen molar-refractivity contribution in [1.82, 2.24) is 15.0 Å². The normalized spacial score (nSPS) is 20.6. The molecular weight excluding hydrogens is 685 g/mol. The van der Waals surface area contributed by atoms with Crippen LogP contribution in [-0.4, -0.2) is 15.0 Å². The molecule has 10 rings (SSSR count). The number of para-hydroxylation sites is 1. The molecule has 1 unspecified atom stereocenters. The van der Waals surface area contributed by atoms with E-state index in [0.717, 1.165) is 67.5 Å². The second kappa shape index (κ2) is 13.7. The summed E-state index contributed by atoms with van der Waals surface area (Å²) in [7, 11) is 0. The minimum atomic E-state index is 0.328. The number of nitrogens with zero attached hydrogens (tertiary/aromatic N) is 4. The highest BCUT2D eigenvalue weighted by molar-refractivity contribution is 6.12. The standard InChI is InChI=1S/C51H42N4O/c1-32-26-35-27-33(2)29-51(28-32,30-35)42-24-22-37(23-25-42)36-14-18-40(19-15-36)49-53-48(39-12-10-34(31-52)11-13-39)54-50(55-49)41-20-16-38(17-21-41)43-7-5-9-46-47(43)44-6-3-4-8-45(44)56-46/h3-25,32-33,35H,26-30H2,1-2H3/t32-,33+,35-,51?. The van der Waals surface area contributed by atoms with Crippen molar-refractivity contribution in [2.24, 2.45) is 17.8 Å². The highest BCUT2D eigenvalue weighted by Gasteiger charge is 2.45. The molecule has 2 aliphatic rings. The summed E-state index contributed by atoms with van der Waals surface area (Å²) in [6.07, 6.45) is 6.75. The summed E-state index contributed by atoms with van der Waals surface area (Å²) >= 11 is 0. The van der Waals surface area contributed by atoms with Gasteiger partial charge in [0.15, 0.2) is 17.5 Å². The summed E-state index contributed by atoms with van der Waals surface area (Å²) < 4.78 is 6.17. The highest BCUT2D eigenvalue weighted by atomic mass is 16.3. The number of aromatic nitrogens is 3. The number of benzene rings is 6. The van der Waals surface area contributed by atoms with Crippen LogP contribution in [0.3, 0.4) is 0 Å². The van der Waals surface area contributed by atoms with Gasteiger partial charge in [-0.1, -0.05) is 117 Å². The van der Waals surface area contributed by atoms with Crippen LogP contribution in [0.1, 0.15) is 57.1 Å². The lowest BCUT2D eigenvalue weighted by Gasteiger charge is -2.50. The molecule has 2 heterocycles. The SMILES string of the molecule is C[C@@H]1C[C@@H]2C[C@H](C)CC(c3ccc(-c4ccc(-c5nc(-c6ccc(C#N)cc6)nc(-c6ccc(-c7cccc8oc9ccccc9c78)cc6)n5)cc4)cc3)(C1)C2. The van der Waals surface area contributed by atoms with E-state index in [9.17, 15) is 5.26 Å². The predicted molar refractivity (Wildman–Crippen MR) is 226 cm³/mol. The van der Waals surface area contributed by atoms with Crippen LogP contribution in [-0.2, 0) is 5.41 Å². The Kier molecular flexibility index (Phi) is 8.37. The summed E-state index contributed by atoms with van der Waals surface area (Å²) in [5, 5.41) is 11.6. The molecule has 0 aliphatic heterocycles. The fourth-order valence-electron chi connectivity index (χ4n) is 10.2. The van der Waals surface area contributed by atoms with Crippen molar-refractivity contribution < 1.29 is 4.42 Å². The molecule has 6 aromatic carbocycles. The molecule has 8 aromatic rings. The molecular formula is C51H42N4O. The lowest BCUT2D eigenvalue weighted by molar-refractivity contribution is 0.0780. The van der Waals surface area contributed by atoms with Crippen molar-refractivity contribution in [2.75, 3.05) is 0 Å². The first kappa shape index (κ1) is 34.1. The summed E-state index contributed by atoms with van der Waals surface area (Å²) in [4.78, 5) is 15.0. The zero-order valence-electron chi connectivity index (χ0n) is 31.7. The van der Waals surface area contributed by atoms with Crippen LogP contribution in [0.2, 0.25) is 0 Å². The van der Waals surface area contributed by atoms with Crippen molar-refractivity contribution in [3.63, 3.8) is 0 Å². The molecule has 272 valence electrons. The van der Waals surface area contributed by atoms with Gasteiger partial charge in [-0.2, -0.15) is 5.26 Å². The van der Waals surface area contributed by atoms with E-state index in [2.05, 4.69) is 105 Å². The van der Waals surface area contributed by atoms with Crippen LogP contribution < -0.4 is 0 Å². The van der Waals surface area contributed by atoms with E-state index < -0.39 is 0 Å². The molecule has 2 fully saturated rings. The molecule has 4 atom stereocenters. The van der Waals surface area contributed by atoms with Crippen molar-refractivity contribution in [3.8, 4) is 62.5 Å². The van der Waals surface area contributed by atoms with E-state index in [-0.39, 0.29) is 0 Å². The Labute approximate surface area is 327 Å². The Morgan fingerprint density at radius 3 is 1.62 bits per heavy atom. The molecule has 2 aliphatic carbocycles. The van der Waals surface area contributed by atoms with Gasteiger partial charge in [-0.3, -0.25) is 0 Å².